The number of aromatic hydroxyl groups is 1. The van der Waals surface area contributed by atoms with E-state index in [0.29, 0.717) is 9.99 Å². The van der Waals surface area contributed by atoms with Crippen LogP contribution >= 0.6 is 0 Å². The highest BCUT2D eigenvalue weighted by atomic mass is 32.2. The molecule has 2 aromatic rings. The number of hydrogen-bond acceptors (Lipinski definition) is 7. The van der Waals surface area contributed by atoms with Gasteiger partial charge >= 0.3 is 16.2 Å². The highest BCUT2D eigenvalue weighted by Crippen LogP contribution is 2.36. The van der Waals surface area contributed by atoms with Crippen molar-refractivity contribution in [2.75, 3.05) is 52.6 Å². The summed E-state index contributed by atoms with van der Waals surface area (Å²) in [5, 5.41) is 18.4. The Kier molecular flexibility index (Phi) is 5.76. The molecule has 11 nitrogen and oxygen atoms in total. The molecular weight excluding hydrogens is 443 g/mol. The van der Waals surface area contributed by atoms with E-state index in [-0.39, 0.29) is 5.69 Å². The molecule has 0 radical (unpaired) electrons. The summed E-state index contributed by atoms with van der Waals surface area (Å²) in [6, 6.07) is 8.39. The lowest BCUT2D eigenvalue weighted by atomic mass is 10.2. The number of carbonyl (C=O) groups is 2. The van der Waals surface area contributed by atoms with Crippen molar-refractivity contribution in [2.45, 2.75) is 0 Å². The molecule has 0 unspecified atom stereocenters. The third-order valence-electron chi connectivity index (χ3n) is 4.98. The van der Waals surface area contributed by atoms with Crippen LogP contribution in [-0.2, 0) is 15.0 Å². The van der Waals surface area contributed by atoms with E-state index in [9.17, 15) is 27.5 Å². The molecule has 13 heteroatoms. The molecule has 0 atom stereocenters. The van der Waals surface area contributed by atoms with Crippen molar-refractivity contribution in [3.8, 4) is 5.75 Å². The maximum atomic E-state index is 14.5. The Bertz CT molecular complexity index is 1130. The van der Waals surface area contributed by atoms with E-state index in [4.69, 9.17) is 0 Å². The van der Waals surface area contributed by atoms with Crippen molar-refractivity contribution in [3.63, 3.8) is 0 Å². The number of amides is 3. The van der Waals surface area contributed by atoms with Crippen molar-refractivity contribution < 1.29 is 27.5 Å². The van der Waals surface area contributed by atoms with Crippen LogP contribution in [0.5, 0.6) is 5.75 Å². The molecule has 2 saturated heterocycles. The summed E-state index contributed by atoms with van der Waals surface area (Å²) in [7, 11) is -4.30. The molecular formula is C19H21FN6O5S. The number of benzene rings is 2. The number of nitrogens with zero attached hydrogens (tertiary/aromatic N) is 2. The Labute approximate surface area is 183 Å². The Morgan fingerprint density at radius 2 is 1.72 bits per heavy atom. The van der Waals surface area contributed by atoms with Gasteiger partial charge in [0.25, 0.3) is 5.91 Å². The minimum atomic E-state index is -4.30. The SMILES string of the molecule is O=C1CN(c2c(O)cc(NC(=O)Nc3ccc(N4CCNCC4)cc3)cc2F)S(=O)(=O)N1. The zero-order chi connectivity index (χ0) is 22.9. The van der Waals surface area contributed by atoms with Crippen LogP contribution in [-0.4, -0.2) is 58.2 Å². The van der Waals surface area contributed by atoms with Crippen LogP contribution in [0.15, 0.2) is 36.4 Å². The molecule has 3 amide bonds. The topological polar surface area (TPSA) is 143 Å². The Balaban J connectivity index is 1.43. The van der Waals surface area contributed by atoms with Gasteiger partial charge in [-0.15, -0.1) is 0 Å². The maximum absolute atomic E-state index is 14.5. The number of piperazine rings is 1. The molecule has 0 saturated carbocycles. The van der Waals surface area contributed by atoms with Crippen molar-refractivity contribution in [2.24, 2.45) is 0 Å². The molecule has 4 rings (SSSR count). The first-order valence-corrected chi connectivity index (χ1v) is 11.2. The molecule has 2 fully saturated rings. The Morgan fingerprint density at radius 1 is 1.06 bits per heavy atom. The molecule has 2 aliphatic rings. The third kappa shape index (κ3) is 4.53. The van der Waals surface area contributed by atoms with Gasteiger partial charge in [-0.1, -0.05) is 0 Å². The molecule has 5 N–H and O–H groups in total. The highest BCUT2D eigenvalue weighted by Gasteiger charge is 2.37. The molecule has 0 aromatic heterocycles. The summed E-state index contributed by atoms with van der Waals surface area (Å²) < 4.78 is 40.5. The number of carbonyl (C=O) groups excluding carboxylic acids is 2. The number of urea groups is 1. The Morgan fingerprint density at radius 3 is 2.31 bits per heavy atom. The van der Waals surface area contributed by atoms with Crippen LogP contribution in [0, 0.1) is 5.82 Å². The van der Waals surface area contributed by atoms with E-state index in [0.717, 1.165) is 44.0 Å². The predicted molar refractivity (Wildman–Crippen MR) is 117 cm³/mol. The predicted octanol–water partition coefficient (Wildman–Crippen LogP) is 0.766. The first-order valence-electron chi connectivity index (χ1n) is 9.72. The third-order valence-corrected chi connectivity index (χ3v) is 6.36. The van der Waals surface area contributed by atoms with Crippen LogP contribution in [0.4, 0.5) is 31.9 Å². The number of rotatable bonds is 4. The van der Waals surface area contributed by atoms with Gasteiger partial charge in [0.15, 0.2) is 5.82 Å². The minimum absolute atomic E-state index is 0.102. The van der Waals surface area contributed by atoms with E-state index in [1.54, 1.807) is 16.9 Å². The zero-order valence-electron chi connectivity index (χ0n) is 16.8. The molecule has 32 heavy (non-hydrogen) atoms. The van der Waals surface area contributed by atoms with Gasteiger partial charge in [0.2, 0.25) is 0 Å². The van der Waals surface area contributed by atoms with Crippen molar-refractivity contribution in [1.29, 1.82) is 0 Å². The van der Waals surface area contributed by atoms with E-state index in [1.165, 1.54) is 0 Å². The summed E-state index contributed by atoms with van der Waals surface area (Å²) >= 11 is 0. The van der Waals surface area contributed by atoms with Gasteiger partial charge in [0, 0.05) is 49.3 Å². The van der Waals surface area contributed by atoms with Crippen molar-refractivity contribution in [3.05, 3.63) is 42.2 Å². The first kappa shape index (κ1) is 21.6. The van der Waals surface area contributed by atoms with E-state index < -0.39 is 45.9 Å². The largest absolute Gasteiger partial charge is 0.506 e. The lowest BCUT2D eigenvalue weighted by molar-refractivity contribution is -0.117. The molecule has 2 heterocycles. The fraction of sp³-hybridized carbons (Fsp3) is 0.263. The summed E-state index contributed by atoms with van der Waals surface area (Å²) in [5.74, 6) is -2.73. The number of hydrogen-bond donors (Lipinski definition) is 5. The van der Waals surface area contributed by atoms with Crippen LogP contribution in [0.1, 0.15) is 0 Å². The summed E-state index contributed by atoms with van der Waals surface area (Å²) in [4.78, 5) is 25.8. The second-order valence-electron chi connectivity index (χ2n) is 7.23. The van der Waals surface area contributed by atoms with Gasteiger partial charge < -0.3 is 26.0 Å². The number of phenols is 1. The maximum Gasteiger partial charge on any atom is 0.326 e. The van der Waals surface area contributed by atoms with Gasteiger partial charge in [0.05, 0.1) is 0 Å². The lowest BCUT2D eigenvalue weighted by Gasteiger charge is -2.29. The number of nitrogens with one attached hydrogen (secondary N) is 4. The molecule has 170 valence electrons. The number of halogens is 1. The van der Waals surface area contributed by atoms with Crippen LogP contribution in [0.3, 0.4) is 0 Å². The molecule has 2 aliphatic heterocycles. The van der Waals surface area contributed by atoms with E-state index in [2.05, 4.69) is 20.9 Å². The quantitative estimate of drug-likeness (QED) is 0.450. The van der Waals surface area contributed by atoms with Gasteiger partial charge in [-0.2, -0.15) is 8.42 Å². The fourth-order valence-corrected chi connectivity index (χ4v) is 4.69. The van der Waals surface area contributed by atoms with Gasteiger partial charge in [-0.05, 0) is 30.3 Å². The monoisotopic (exact) mass is 464 g/mol. The summed E-state index contributed by atoms with van der Waals surface area (Å²) in [6.45, 7) is 2.93. The zero-order valence-corrected chi connectivity index (χ0v) is 17.6. The molecule has 2 aromatic carbocycles. The van der Waals surface area contributed by atoms with Crippen LogP contribution < -0.4 is 29.9 Å². The lowest BCUT2D eigenvalue weighted by Crippen LogP contribution is -2.43. The molecule has 0 aliphatic carbocycles. The smallest absolute Gasteiger partial charge is 0.326 e. The number of anilines is 4. The summed E-state index contributed by atoms with van der Waals surface area (Å²) in [6.07, 6.45) is 0. The Hall–Kier alpha value is -3.58. The highest BCUT2D eigenvalue weighted by molar-refractivity contribution is 7.92. The van der Waals surface area contributed by atoms with Gasteiger partial charge in [0.1, 0.15) is 18.0 Å². The number of phenolic OH excluding ortho intramolecular Hbond substituents is 1. The minimum Gasteiger partial charge on any atom is -0.506 e. The summed E-state index contributed by atoms with van der Waals surface area (Å²) in [5.41, 5.74) is 0.757. The average molecular weight is 464 g/mol. The fourth-order valence-electron chi connectivity index (χ4n) is 3.52. The average Bonchev–Trinajstić information content (AvgIpc) is 3.00. The normalized spacial score (nSPS) is 17.7. The second-order valence-corrected chi connectivity index (χ2v) is 8.82. The van der Waals surface area contributed by atoms with Crippen molar-refractivity contribution >= 4 is 44.9 Å². The van der Waals surface area contributed by atoms with Gasteiger partial charge in [-0.3, -0.25) is 4.79 Å². The van der Waals surface area contributed by atoms with E-state index >= 15 is 0 Å². The van der Waals surface area contributed by atoms with Gasteiger partial charge in [-0.25, -0.2) is 18.2 Å². The second kappa shape index (κ2) is 8.51. The van der Waals surface area contributed by atoms with Crippen molar-refractivity contribution in [1.82, 2.24) is 10.0 Å². The molecule has 0 bridgehead atoms. The van der Waals surface area contributed by atoms with Crippen LogP contribution in [0.25, 0.3) is 0 Å². The van der Waals surface area contributed by atoms with E-state index in [1.807, 2.05) is 12.1 Å². The standard InChI is InChI=1S/C19H21FN6O5S/c20-15-9-13(10-16(27)18(15)26-11-17(28)24-32(26,30)31)23-19(29)22-12-1-3-14(4-2-12)25-7-5-21-6-8-25/h1-4,9-10,21,27H,5-8,11H2,(H,24,28)(H2,22,23,29). The first-order chi connectivity index (χ1) is 15.2. The molecule has 0 spiro atoms. The van der Waals surface area contributed by atoms with Crippen LogP contribution in [0.2, 0.25) is 0 Å².